The van der Waals surface area contributed by atoms with Crippen LogP contribution in [0.2, 0.25) is 0 Å². The van der Waals surface area contributed by atoms with Crippen molar-refractivity contribution in [3.63, 3.8) is 0 Å². The molecule has 0 aromatic heterocycles. The molecule has 4 rings (SSSR count). The Bertz CT molecular complexity index is 572. The minimum atomic E-state index is 0.298. The second-order valence-electron chi connectivity index (χ2n) is 8.07. The molecule has 0 unspecified atom stereocenters. The number of hydrogen-bond acceptors (Lipinski definition) is 3. The molecule has 4 nitrogen and oxygen atoms in total. The van der Waals surface area contributed by atoms with Gasteiger partial charge in [0, 0.05) is 31.2 Å². The molecule has 136 valence electrons. The van der Waals surface area contributed by atoms with Crippen LogP contribution in [0.3, 0.4) is 0 Å². The fourth-order valence-electron chi connectivity index (χ4n) is 4.34. The number of nitrogens with one attached hydrogen (secondary N) is 1. The van der Waals surface area contributed by atoms with E-state index in [0.29, 0.717) is 17.9 Å². The van der Waals surface area contributed by atoms with Crippen molar-refractivity contribution >= 4 is 11.6 Å². The van der Waals surface area contributed by atoms with Gasteiger partial charge < -0.3 is 15.0 Å². The number of amides is 1. The SMILES string of the molecule is COc1ccc(N2CCC(NC(=O)CC(C3CC3)C3CC3)CC2)cc1. The zero-order valence-corrected chi connectivity index (χ0v) is 15.2. The molecule has 3 fully saturated rings. The summed E-state index contributed by atoms with van der Waals surface area (Å²) in [6.07, 6.45) is 8.27. The summed E-state index contributed by atoms with van der Waals surface area (Å²) in [6, 6.07) is 8.61. The first kappa shape index (κ1) is 16.7. The molecule has 2 aliphatic carbocycles. The number of rotatable bonds is 7. The number of nitrogens with zero attached hydrogens (tertiary/aromatic N) is 1. The van der Waals surface area contributed by atoms with E-state index in [0.717, 1.165) is 49.9 Å². The lowest BCUT2D eigenvalue weighted by atomic mass is 9.93. The maximum atomic E-state index is 12.5. The zero-order valence-electron chi connectivity index (χ0n) is 15.2. The Hall–Kier alpha value is -1.71. The van der Waals surface area contributed by atoms with Gasteiger partial charge in [-0.15, -0.1) is 0 Å². The molecule has 1 aliphatic heterocycles. The largest absolute Gasteiger partial charge is 0.497 e. The van der Waals surface area contributed by atoms with Gasteiger partial charge in [0.2, 0.25) is 5.91 Å². The van der Waals surface area contributed by atoms with Gasteiger partial charge in [-0.1, -0.05) is 0 Å². The lowest BCUT2D eigenvalue weighted by Gasteiger charge is -2.34. The molecule has 25 heavy (non-hydrogen) atoms. The first-order chi connectivity index (χ1) is 12.2. The molecule has 1 N–H and O–H groups in total. The number of carbonyl (C=O) groups is 1. The van der Waals surface area contributed by atoms with E-state index in [-0.39, 0.29) is 0 Å². The van der Waals surface area contributed by atoms with Crippen molar-refractivity contribution < 1.29 is 9.53 Å². The minimum Gasteiger partial charge on any atom is -0.497 e. The van der Waals surface area contributed by atoms with Gasteiger partial charge in [-0.3, -0.25) is 4.79 Å². The van der Waals surface area contributed by atoms with Crippen LogP contribution in [0.15, 0.2) is 24.3 Å². The minimum absolute atomic E-state index is 0.298. The maximum Gasteiger partial charge on any atom is 0.220 e. The predicted octanol–water partition coefficient (Wildman–Crippen LogP) is 3.61. The van der Waals surface area contributed by atoms with Gasteiger partial charge in [-0.2, -0.15) is 0 Å². The van der Waals surface area contributed by atoms with Crippen LogP contribution in [0, 0.1) is 17.8 Å². The highest BCUT2D eigenvalue weighted by atomic mass is 16.5. The molecule has 1 heterocycles. The molecule has 0 spiro atoms. The van der Waals surface area contributed by atoms with Crippen LogP contribution in [0.25, 0.3) is 0 Å². The molecule has 0 atom stereocenters. The number of piperidine rings is 1. The summed E-state index contributed by atoms with van der Waals surface area (Å²) in [6.45, 7) is 2.01. The molecule has 3 aliphatic rings. The van der Waals surface area contributed by atoms with Crippen molar-refractivity contribution in [1.82, 2.24) is 5.32 Å². The molecule has 2 saturated carbocycles. The number of benzene rings is 1. The first-order valence-corrected chi connectivity index (χ1v) is 9.91. The average Bonchev–Trinajstić information content (AvgIpc) is 3.54. The van der Waals surface area contributed by atoms with Crippen LogP contribution >= 0.6 is 0 Å². The average molecular weight is 342 g/mol. The summed E-state index contributed by atoms with van der Waals surface area (Å²) in [5.74, 6) is 3.59. The van der Waals surface area contributed by atoms with Crippen molar-refractivity contribution in [2.75, 3.05) is 25.1 Å². The van der Waals surface area contributed by atoms with Gasteiger partial charge in [0.1, 0.15) is 5.75 Å². The molecule has 0 radical (unpaired) electrons. The standard InChI is InChI=1S/C21H30N2O2/c1-25-19-8-6-18(7-9-19)23-12-10-17(11-13-23)22-21(24)14-20(15-2-3-15)16-4-5-16/h6-9,15-17,20H,2-5,10-14H2,1H3,(H,22,24). The third-order valence-electron chi connectivity index (χ3n) is 6.17. The van der Waals surface area contributed by atoms with Gasteiger partial charge >= 0.3 is 0 Å². The molecule has 4 heteroatoms. The van der Waals surface area contributed by atoms with Crippen molar-refractivity contribution in [3.05, 3.63) is 24.3 Å². The quantitative estimate of drug-likeness (QED) is 0.823. The van der Waals surface area contributed by atoms with Gasteiger partial charge in [0.25, 0.3) is 0 Å². The fourth-order valence-corrected chi connectivity index (χ4v) is 4.34. The van der Waals surface area contributed by atoms with E-state index in [1.807, 2.05) is 12.1 Å². The summed E-state index contributed by atoms with van der Waals surface area (Å²) in [7, 11) is 1.69. The summed E-state index contributed by atoms with van der Waals surface area (Å²) in [5.41, 5.74) is 1.24. The Morgan fingerprint density at radius 1 is 1.08 bits per heavy atom. The third-order valence-corrected chi connectivity index (χ3v) is 6.17. The van der Waals surface area contributed by atoms with Gasteiger partial charge in [-0.25, -0.2) is 0 Å². The second-order valence-corrected chi connectivity index (χ2v) is 8.07. The molecular weight excluding hydrogens is 312 g/mol. The van der Waals surface area contributed by atoms with Gasteiger partial charge in [0.05, 0.1) is 7.11 Å². The van der Waals surface area contributed by atoms with Crippen LogP contribution in [-0.4, -0.2) is 32.1 Å². The van der Waals surface area contributed by atoms with E-state index in [1.54, 1.807) is 7.11 Å². The van der Waals surface area contributed by atoms with Crippen molar-refractivity contribution in [2.45, 2.75) is 51.0 Å². The zero-order chi connectivity index (χ0) is 17.2. The first-order valence-electron chi connectivity index (χ1n) is 9.91. The van der Waals surface area contributed by atoms with E-state index < -0.39 is 0 Å². The van der Waals surface area contributed by atoms with E-state index in [9.17, 15) is 4.79 Å². The Labute approximate surface area is 150 Å². The number of ether oxygens (including phenoxy) is 1. The monoisotopic (exact) mass is 342 g/mol. The Kier molecular flexibility index (Phi) is 4.87. The Morgan fingerprint density at radius 2 is 1.68 bits per heavy atom. The molecule has 1 saturated heterocycles. The van der Waals surface area contributed by atoms with Crippen LogP contribution in [0.5, 0.6) is 5.75 Å². The predicted molar refractivity (Wildman–Crippen MR) is 99.9 cm³/mol. The van der Waals surface area contributed by atoms with Crippen molar-refractivity contribution in [3.8, 4) is 5.75 Å². The van der Waals surface area contributed by atoms with E-state index >= 15 is 0 Å². The lowest BCUT2D eigenvalue weighted by molar-refractivity contribution is -0.123. The van der Waals surface area contributed by atoms with Crippen molar-refractivity contribution in [1.29, 1.82) is 0 Å². The highest BCUT2D eigenvalue weighted by Crippen LogP contribution is 2.50. The fraction of sp³-hybridized carbons (Fsp3) is 0.667. The van der Waals surface area contributed by atoms with Crippen LogP contribution in [-0.2, 0) is 4.79 Å². The van der Waals surface area contributed by atoms with Crippen molar-refractivity contribution in [2.24, 2.45) is 17.8 Å². The van der Waals surface area contributed by atoms with E-state index in [1.165, 1.54) is 31.4 Å². The Balaban J connectivity index is 1.23. The summed E-state index contributed by atoms with van der Waals surface area (Å²) >= 11 is 0. The highest BCUT2D eigenvalue weighted by molar-refractivity contribution is 5.76. The van der Waals surface area contributed by atoms with Gasteiger partial charge in [-0.05, 0) is 80.5 Å². The normalized spacial score (nSPS) is 21.4. The van der Waals surface area contributed by atoms with E-state index in [2.05, 4.69) is 22.3 Å². The molecule has 1 aromatic carbocycles. The molecule has 1 amide bonds. The smallest absolute Gasteiger partial charge is 0.220 e. The molecule has 0 bridgehead atoms. The van der Waals surface area contributed by atoms with Crippen LogP contribution in [0.1, 0.15) is 44.9 Å². The number of methoxy groups -OCH3 is 1. The maximum absolute atomic E-state index is 12.5. The molecule has 1 aromatic rings. The van der Waals surface area contributed by atoms with E-state index in [4.69, 9.17) is 4.74 Å². The highest BCUT2D eigenvalue weighted by Gasteiger charge is 2.42. The summed E-state index contributed by atoms with van der Waals surface area (Å²) in [5, 5.41) is 3.32. The molecular formula is C21H30N2O2. The summed E-state index contributed by atoms with van der Waals surface area (Å²) < 4.78 is 5.23. The topological polar surface area (TPSA) is 41.6 Å². The third kappa shape index (κ3) is 4.28. The second kappa shape index (κ2) is 7.27. The number of carbonyl (C=O) groups excluding carboxylic acids is 1. The number of hydrogen-bond donors (Lipinski definition) is 1. The number of anilines is 1. The van der Waals surface area contributed by atoms with Crippen LogP contribution in [0.4, 0.5) is 5.69 Å². The Morgan fingerprint density at radius 3 is 2.20 bits per heavy atom. The lowest BCUT2D eigenvalue weighted by Crippen LogP contribution is -2.45. The van der Waals surface area contributed by atoms with Crippen LogP contribution < -0.4 is 15.0 Å². The summed E-state index contributed by atoms with van der Waals surface area (Å²) in [4.78, 5) is 14.9. The van der Waals surface area contributed by atoms with Gasteiger partial charge in [0.15, 0.2) is 0 Å².